The number of nitrogens with one attached hydrogen (secondary N) is 1. The molecule has 3 N–H and O–H groups in total. The zero-order valence-electron chi connectivity index (χ0n) is 10.9. The van der Waals surface area contributed by atoms with Crippen LogP contribution in [0.1, 0.15) is 32.9 Å². The van der Waals surface area contributed by atoms with Gasteiger partial charge in [-0.05, 0) is 38.5 Å². The molecule has 18 heavy (non-hydrogen) atoms. The van der Waals surface area contributed by atoms with Gasteiger partial charge >= 0.3 is 0 Å². The van der Waals surface area contributed by atoms with Crippen molar-refractivity contribution in [3.63, 3.8) is 0 Å². The number of hydrogen-bond acceptors (Lipinski definition) is 5. The molecule has 0 aliphatic carbocycles. The normalized spacial score (nSPS) is 12.7. The minimum atomic E-state index is 0.00912. The molecule has 0 radical (unpaired) electrons. The summed E-state index contributed by atoms with van der Waals surface area (Å²) >= 11 is 1.72. The number of pyridine rings is 1. The van der Waals surface area contributed by atoms with E-state index in [9.17, 15) is 0 Å². The van der Waals surface area contributed by atoms with Crippen LogP contribution in [0.2, 0.25) is 0 Å². The molecular formula is C13H18N4S. The summed E-state index contributed by atoms with van der Waals surface area (Å²) in [5.41, 5.74) is 6.07. The van der Waals surface area contributed by atoms with Gasteiger partial charge < -0.3 is 0 Å². The fraction of sp³-hybridized carbons (Fsp3) is 0.385. The predicted molar refractivity (Wildman–Crippen MR) is 74.3 cm³/mol. The molecule has 96 valence electrons. The monoisotopic (exact) mass is 262 g/mol. The first-order valence-electron chi connectivity index (χ1n) is 5.91. The highest BCUT2D eigenvalue weighted by molar-refractivity contribution is 7.11. The van der Waals surface area contributed by atoms with Crippen molar-refractivity contribution in [2.24, 2.45) is 5.84 Å². The Morgan fingerprint density at radius 2 is 2.17 bits per heavy atom. The average molecular weight is 262 g/mol. The minimum Gasteiger partial charge on any atom is -0.271 e. The lowest BCUT2D eigenvalue weighted by molar-refractivity contribution is 0.536. The smallest absolute Gasteiger partial charge is 0.0950 e. The Balaban J connectivity index is 2.19. The molecule has 0 amide bonds. The van der Waals surface area contributed by atoms with E-state index in [2.05, 4.69) is 35.3 Å². The molecule has 5 heteroatoms. The van der Waals surface area contributed by atoms with Crippen LogP contribution in [-0.4, -0.2) is 9.97 Å². The lowest BCUT2D eigenvalue weighted by atomic mass is 10.1. The second-order valence-corrected chi connectivity index (χ2v) is 5.72. The number of aromatic nitrogens is 2. The number of nitrogens with zero attached hydrogens (tertiary/aromatic N) is 2. The number of hydrogen-bond donors (Lipinski definition) is 2. The predicted octanol–water partition coefficient (Wildman–Crippen LogP) is 2.21. The van der Waals surface area contributed by atoms with E-state index in [0.717, 1.165) is 22.8 Å². The van der Waals surface area contributed by atoms with E-state index in [1.807, 2.05) is 19.2 Å². The molecule has 0 spiro atoms. The highest BCUT2D eigenvalue weighted by atomic mass is 32.1. The Hall–Kier alpha value is -1.30. The third kappa shape index (κ3) is 2.93. The lowest BCUT2D eigenvalue weighted by Crippen LogP contribution is -2.30. The third-order valence-electron chi connectivity index (χ3n) is 2.95. The van der Waals surface area contributed by atoms with Crippen LogP contribution in [0, 0.1) is 20.8 Å². The first kappa shape index (κ1) is 13.1. The maximum Gasteiger partial charge on any atom is 0.0950 e. The molecule has 0 aromatic carbocycles. The van der Waals surface area contributed by atoms with Gasteiger partial charge in [-0.25, -0.2) is 4.98 Å². The highest BCUT2D eigenvalue weighted by Crippen LogP contribution is 2.22. The summed E-state index contributed by atoms with van der Waals surface area (Å²) in [6.07, 6.45) is 2.58. The van der Waals surface area contributed by atoms with Gasteiger partial charge in [-0.3, -0.25) is 16.3 Å². The standard InChI is InChI=1S/C13H18N4S/c1-8-4-5-15-11(6-8)12(17-14)7-13-16-9(2)10(3)18-13/h4-6,12,17H,7,14H2,1-3H3. The van der Waals surface area contributed by atoms with Crippen molar-refractivity contribution >= 4 is 11.3 Å². The van der Waals surface area contributed by atoms with Gasteiger partial charge in [0.1, 0.15) is 0 Å². The van der Waals surface area contributed by atoms with E-state index >= 15 is 0 Å². The van der Waals surface area contributed by atoms with Gasteiger partial charge in [-0.1, -0.05) is 0 Å². The second-order valence-electron chi connectivity index (χ2n) is 4.43. The second kappa shape index (κ2) is 5.56. The molecule has 0 saturated heterocycles. The van der Waals surface area contributed by atoms with E-state index in [1.54, 1.807) is 11.3 Å². The molecule has 0 bridgehead atoms. The third-order valence-corrected chi connectivity index (χ3v) is 4.04. The number of rotatable bonds is 4. The first-order valence-corrected chi connectivity index (χ1v) is 6.73. The first-order chi connectivity index (χ1) is 8.60. The molecule has 4 nitrogen and oxygen atoms in total. The van der Waals surface area contributed by atoms with Crippen molar-refractivity contribution in [1.29, 1.82) is 0 Å². The molecule has 0 saturated carbocycles. The number of thiazole rings is 1. The molecule has 1 unspecified atom stereocenters. The Bertz CT molecular complexity index is 516. The van der Waals surface area contributed by atoms with Crippen LogP contribution in [0.3, 0.4) is 0 Å². The van der Waals surface area contributed by atoms with Crippen LogP contribution in [0.5, 0.6) is 0 Å². The molecule has 2 aromatic rings. The minimum absolute atomic E-state index is 0.00912. The lowest BCUT2D eigenvalue weighted by Gasteiger charge is -2.14. The van der Waals surface area contributed by atoms with Gasteiger partial charge in [0.2, 0.25) is 0 Å². The molecule has 2 rings (SSSR count). The number of aryl methyl sites for hydroxylation is 3. The summed E-state index contributed by atoms with van der Waals surface area (Å²) < 4.78 is 0. The SMILES string of the molecule is Cc1ccnc(C(Cc2nc(C)c(C)s2)NN)c1. The molecule has 2 heterocycles. The van der Waals surface area contributed by atoms with Crippen molar-refractivity contribution in [3.8, 4) is 0 Å². The van der Waals surface area contributed by atoms with Gasteiger partial charge in [-0.15, -0.1) is 11.3 Å². The fourth-order valence-electron chi connectivity index (χ4n) is 1.80. The van der Waals surface area contributed by atoms with Gasteiger partial charge in [0.15, 0.2) is 0 Å². The van der Waals surface area contributed by atoms with E-state index in [-0.39, 0.29) is 6.04 Å². The van der Waals surface area contributed by atoms with Crippen LogP contribution >= 0.6 is 11.3 Å². The van der Waals surface area contributed by atoms with Gasteiger partial charge in [0.05, 0.1) is 22.4 Å². The largest absolute Gasteiger partial charge is 0.271 e. The average Bonchev–Trinajstić information content (AvgIpc) is 2.65. The van der Waals surface area contributed by atoms with Gasteiger partial charge in [0.25, 0.3) is 0 Å². The molecule has 0 aliphatic heterocycles. The summed E-state index contributed by atoms with van der Waals surface area (Å²) in [7, 11) is 0. The van der Waals surface area contributed by atoms with Crippen molar-refractivity contribution in [3.05, 3.63) is 45.2 Å². The zero-order valence-corrected chi connectivity index (χ0v) is 11.7. The van der Waals surface area contributed by atoms with Crippen LogP contribution in [0.25, 0.3) is 0 Å². The van der Waals surface area contributed by atoms with E-state index in [4.69, 9.17) is 5.84 Å². The van der Waals surface area contributed by atoms with Crippen LogP contribution in [0.4, 0.5) is 0 Å². The van der Waals surface area contributed by atoms with Crippen molar-refractivity contribution in [2.45, 2.75) is 33.2 Å². The van der Waals surface area contributed by atoms with Crippen LogP contribution in [0.15, 0.2) is 18.3 Å². The molecular weight excluding hydrogens is 244 g/mol. The molecule has 0 fully saturated rings. The number of nitrogens with two attached hydrogens (primary N) is 1. The van der Waals surface area contributed by atoms with Crippen molar-refractivity contribution < 1.29 is 0 Å². The van der Waals surface area contributed by atoms with E-state index in [1.165, 1.54) is 10.4 Å². The Kier molecular flexibility index (Phi) is 4.06. The van der Waals surface area contributed by atoms with Crippen molar-refractivity contribution in [2.75, 3.05) is 0 Å². The summed E-state index contributed by atoms with van der Waals surface area (Å²) in [6.45, 7) is 6.17. The van der Waals surface area contributed by atoms with Crippen LogP contribution < -0.4 is 11.3 Å². The summed E-state index contributed by atoms with van der Waals surface area (Å²) in [6, 6.07) is 4.04. The quantitative estimate of drug-likeness (QED) is 0.655. The Morgan fingerprint density at radius 1 is 1.39 bits per heavy atom. The maximum absolute atomic E-state index is 5.63. The van der Waals surface area contributed by atoms with Crippen LogP contribution in [-0.2, 0) is 6.42 Å². The highest BCUT2D eigenvalue weighted by Gasteiger charge is 2.15. The Labute approximate surface area is 111 Å². The molecule has 1 atom stereocenters. The summed E-state index contributed by atoms with van der Waals surface area (Å²) in [4.78, 5) is 10.2. The Morgan fingerprint density at radius 3 is 2.72 bits per heavy atom. The topological polar surface area (TPSA) is 63.8 Å². The zero-order chi connectivity index (χ0) is 13.1. The van der Waals surface area contributed by atoms with E-state index < -0.39 is 0 Å². The van der Waals surface area contributed by atoms with Crippen molar-refractivity contribution in [1.82, 2.24) is 15.4 Å². The number of hydrazine groups is 1. The molecule has 0 aliphatic rings. The van der Waals surface area contributed by atoms with Gasteiger partial charge in [-0.2, -0.15) is 0 Å². The summed E-state index contributed by atoms with van der Waals surface area (Å²) in [5.74, 6) is 5.63. The molecule has 2 aromatic heterocycles. The summed E-state index contributed by atoms with van der Waals surface area (Å²) in [5, 5.41) is 1.09. The maximum atomic E-state index is 5.63. The van der Waals surface area contributed by atoms with Gasteiger partial charge in [0, 0.05) is 17.5 Å². The van der Waals surface area contributed by atoms with E-state index in [0.29, 0.717) is 0 Å². The fourth-order valence-corrected chi connectivity index (χ4v) is 2.78.